The molecule has 0 atom stereocenters. The molecule has 0 spiro atoms. The van der Waals surface area contributed by atoms with E-state index in [1.807, 2.05) is 24.3 Å². The zero-order chi connectivity index (χ0) is 14.4. The molecule has 1 aliphatic heterocycles. The number of anilines is 1. The maximum Gasteiger partial charge on any atom is 0.279 e. The molecule has 1 aromatic carbocycles. The third kappa shape index (κ3) is 1.89. The van der Waals surface area contributed by atoms with Gasteiger partial charge in [0.25, 0.3) is 5.91 Å². The van der Waals surface area contributed by atoms with E-state index >= 15 is 0 Å². The average molecular weight is 299 g/mol. The van der Waals surface area contributed by atoms with Crippen molar-refractivity contribution >= 4 is 34.5 Å². The van der Waals surface area contributed by atoms with Gasteiger partial charge < -0.3 is 4.57 Å². The number of hydrogen-bond acceptors (Lipinski definition) is 3. The van der Waals surface area contributed by atoms with Crippen LogP contribution >= 0.6 is 11.6 Å². The van der Waals surface area contributed by atoms with Crippen molar-refractivity contribution in [2.24, 2.45) is 0 Å². The Bertz CT molecular complexity index is 858. The van der Waals surface area contributed by atoms with Crippen LogP contribution in [0.3, 0.4) is 0 Å². The largest absolute Gasteiger partial charge is 0.308 e. The Hall–Kier alpha value is -2.40. The molecule has 4 rings (SSSR count). The highest BCUT2D eigenvalue weighted by atomic mass is 35.5. The predicted octanol–water partition coefficient (Wildman–Crippen LogP) is 2.75. The number of imidazole rings is 1. The Balaban J connectivity index is 1.78. The average Bonchev–Trinajstić information content (AvgIpc) is 3.05. The van der Waals surface area contributed by atoms with Gasteiger partial charge in [0, 0.05) is 24.3 Å². The fourth-order valence-corrected chi connectivity index (χ4v) is 2.80. The van der Waals surface area contributed by atoms with Crippen molar-refractivity contribution in [2.45, 2.75) is 6.54 Å². The summed E-state index contributed by atoms with van der Waals surface area (Å²) < 4.78 is 2.05. The highest BCUT2D eigenvalue weighted by Crippen LogP contribution is 2.28. The Kier molecular flexibility index (Phi) is 2.68. The van der Waals surface area contributed by atoms with Crippen LogP contribution in [0.2, 0.25) is 5.02 Å². The van der Waals surface area contributed by atoms with Crippen molar-refractivity contribution in [1.29, 1.82) is 0 Å². The van der Waals surface area contributed by atoms with Gasteiger partial charge in [-0.2, -0.15) is 0 Å². The first-order chi connectivity index (χ1) is 10.2. The van der Waals surface area contributed by atoms with Gasteiger partial charge in [0.2, 0.25) is 5.95 Å². The topological polar surface area (TPSA) is 51.0 Å². The molecule has 104 valence electrons. The van der Waals surface area contributed by atoms with Crippen LogP contribution in [-0.2, 0) is 6.54 Å². The Morgan fingerprint density at radius 1 is 1.19 bits per heavy atom. The van der Waals surface area contributed by atoms with Gasteiger partial charge in [-0.15, -0.1) is 0 Å². The molecular weight excluding hydrogens is 288 g/mol. The van der Waals surface area contributed by atoms with Crippen molar-refractivity contribution in [1.82, 2.24) is 14.5 Å². The van der Waals surface area contributed by atoms with Crippen LogP contribution in [-0.4, -0.2) is 27.0 Å². The van der Waals surface area contributed by atoms with Gasteiger partial charge >= 0.3 is 0 Å². The minimum atomic E-state index is -0.174. The van der Waals surface area contributed by atoms with E-state index in [0.29, 0.717) is 23.2 Å². The third-order valence-electron chi connectivity index (χ3n) is 3.61. The van der Waals surface area contributed by atoms with E-state index in [2.05, 4.69) is 14.5 Å². The number of carbonyl (C=O) groups is 1. The second-order valence-electron chi connectivity index (χ2n) is 4.87. The third-order valence-corrected chi connectivity index (χ3v) is 3.84. The number of para-hydroxylation sites is 2. The zero-order valence-electron chi connectivity index (χ0n) is 11.0. The molecular formula is C15H11ClN4O. The van der Waals surface area contributed by atoms with Crippen molar-refractivity contribution < 1.29 is 4.79 Å². The number of rotatable bonds is 1. The number of aromatic nitrogens is 3. The van der Waals surface area contributed by atoms with E-state index in [4.69, 9.17) is 11.6 Å². The van der Waals surface area contributed by atoms with Crippen LogP contribution in [0.4, 0.5) is 5.95 Å². The summed E-state index contributed by atoms with van der Waals surface area (Å²) in [6.45, 7) is 1.34. The lowest BCUT2D eigenvalue weighted by molar-refractivity contribution is 0.0984. The van der Waals surface area contributed by atoms with Crippen LogP contribution < -0.4 is 4.90 Å². The number of benzene rings is 1. The molecule has 3 heterocycles. The fraction of sp³-hybridized carbons (Fsp3) is 0.133. The summed E-state index contributed by atoms with van der Waals surface area (Å²) in [6, 6.07) is 11.1. The van der Waals surface area contributed by atoms with Crippen molar-refractivity contribution in [3.05, 3.63) is 53.3 Å². The molecule has 1 amide bonds. The van der Waals surface area contributed by atoms with Crippen LogP contribution in [0.15, 0.2) is 42.6 Å². The van der Waals surface area contributed by atoms with Gasteiger partial charge in [-0.05, 0) is 24.3 Å². The molecule has 3 aromatic rings. The van der Waals surface area contributed by atoms with Crippen molar-refractivity contribution in [3.8, 4) is 0 Å². The van der Waals surface area contributed by atoms with Crippen LogP contribution in [0.5, 0.6) is 0 Å². The number of hydrogen-bond donors (Lipinski definition) is 0. The maximum absolute atomic E-state index is 12.6. The van der Waals surface area contributed by atoms with Crippen LogP contribution in [0.25, 0.3) is 11.0 Å². The van der Waals surface area contributed by atoms with Gasteiger partial charge in [0.05, 0.1) is 11.0 Å². The quantitative estimate of drug-likeness (QED) is 0.694. The summed E-state index contributed by atoms with van der Waals surface area (Å²) in [5.74, 6) is 0.495. The number of carbonyl (C=O) groups excluding carboxylic acids is 1. The number of amides is 1. The molecule has 5 nitrogen and oxygen atoms in total. The first-order valence-electron chi connectivity index (χ1n) is 6.63. The molecule has 0 N–H and O–H groups in total. The number of fused-ring (bicyclic) bond motifs is 3. The van der Waals surface area contributed by atoms with E-state index in [1.165, 1.54) is 6.20 Å². The molecule has 0 saturated heterocycles. The van der Waals surface area contributed by atoms with Gasteiger partial charge in [0.15, 0.2) is 0 Å². The molecule has 0 fully saturated rings. The minimum absolute atomic E-state index is 0.174. The normalized spacial score (nSPS) is 13.7. The molecule has 0 bridgehead atoms. The summed E-state index contributed by atoms with van der Waals surface area (Å²) in [5, 5.41) is 0.501. The number of halogens is 1. The smallest absolute Gasteiger partial charge is 0.279 e. The van der Waals surface area contributed by atoms with Crippen molar-refractivity contribution in [2.75, 3.05) is 11.4 Å². The lowest BCUT2D eigenvalue weighted by atomic mass is 10.3. The molecule has 1 aliphatic rings. The molecule has 0 saturated carbocycles. The highest BCUT2D eigenvalue weighted by Gasteiger charge is 2.29. The molecule has 21 heavy (non-hydrogen) atoms. The first kappa shape index (κ1) is 12.3. The van der Waals surface area contributed by atoms with E-state index in [9.17, 15) is 4.79 Å². The minimum Gasteiger partial charge on any atom is -0.308 e. The standard InChI is InChI=1S/C15H11ClN4O/c16-10-5-6-17-12(9-10)14(21)20-8-7-19-13-4-2-1-3-11(13)18-15(19)20/h1-6,9H,7-8H2. The molecule has 0 unspecified atom stereocenters. The monoisotopic (exact) mass is 298 g/mol. The van der Waals surface area contributed by atoms with Gasteiger partial charge in [0.1, 0.15) is 5.69 Å². The zero-order valence-corrected chi connectivity index (χ0v) is 11.8. The highest BCUT2D eigenvalue weighted by molar-refractivity contribution is 6.31. The van der Waals surface area contributed by atoms with E-state index in [0.717, 1.165) is 17.6 Å². The molecule has 0 radical (unpaired) electrons. The lowest BCUT2D eigenvalue weighted by Gasteiger charge is -2.13. The second kappa shape index (κ2) is 4.56. The summed E-state index contributed by atoms with van der Waals surface area (Å²) in [4.78, 5) is 22.9. The number of nitrogens with zero attached hydrogens (tertiary/aromatic N) is 4. The van der Waals surface area contributed by atoms with E-state index in [1.54, 1.807) is 17.0 Å². The Morgan fingerprint density at radius 3 is 2.90 bits per heavy atom. The van der Waals surface area contributed by atoms with Crippen LogP contribution in [0, 0.1) is 0 Å². The van der Waals surface area contributed by atoms with E-state index < -0.39 is 0 Å². The van der Waals surface area contributed by atoms with Gasteiger partial charge in [-0.3, -0.25) is 14.7 Å². The predicted molar refractivity (Wildman–Crippen MR) is 80.7 cm³/mol. The Morgan fingerprint density at radius 2 is 2.05 bits per heavy atom. The van der Waals surface area contributed by atoms with E-state index in [-0.39, 0.29) is 5.91 Å². The summed E-state index contributed by atoms with van der Waals surface area (Å²) in [6.07, 6.45) is 1.54. The molecule has 6 heteroatoms. The summed E-state index contributed by atoms with van der Waals surface area (Å²) in [7, 11) is 0. The van der Waals surface area contributed by atoms with Gasteiger partial charge in [-0.1, -0.05) is 23.7 Å². The number of pyridine rings is 1. The SMILES string of the molecule is O=C(c1cc(Cl)ccn1)N1CCn2c1nc1ccccc12. The fourth-order valence-electron chi connectivity index (χ4n) is 2.64. The summed E-state index contributed by atoms with van der Waals surface area (Å²) in [5.41, 5.74) is 2.27. The van der Waals surface area contributed by atoms with Crippen LogP contribution in [0.1, 0.15) is 10.5 Å². The first-order valence-corrected chi connectivity index (χ1v) is 7.00. The maximum atomic E-state index is 12.6. The van der Waals surface area contributed by atoms with Crippen molar-refractivity contribution in [3.63, 3.8) is 0 Å². The second-order valence-corrected chi connectivity index (χ2v) is 5.30. The Labute approximate surface area is 125 Å². The molecule has 0 aliphatic carbocycles. The lowest BCUT2D eigenvalue weighted by Crippen LogP contribution is -2.30. The summed E-state index contributed by atoms with van der Waals surface area (Å²) >= 11 is 5.93. The van der Waals surface area contributed by atoms with Gasteiger partial charge in [-0.25, -0.2) is 4.98 Å². The molecule has 2 aromatic heterocycles.